The zero-order chi connectivity index (χ0) is 8.97. The van der Waals surface area contributed by atoms with Gasteiger partial charge in [-0.25, -0.2) is 0 Å². The molecule has 1 atom stereocenters. The second-order valence-corrected chi connectivity index (χ2v) is 3.27. The molecule has 0 fully saturated rings. The van der Waals surface area contributed by atoms with Gasteiger partial charge >= 0.3 is 0 Å². The van der Waals surface area contributed by atoms with Crippen LogP contribution in [0.1, 0.15) is 12.5 Å². The number of rotatable bonds is 3. The molecule has 74 valence electrons. The van der Waals surface area contributed by atoms with Gasteiger partial charge in [-0.2, -0.15) is 0 Å². The molecule has 3 N–H and O–H groups in total. The monoisotopic (exact) mass is 220 g/mol. The Hall–Kier alpha value is -0.280. The van der Waals surface area contributed by atoms with E-state index in [1.165, 1.54) is 0 Å². The quantitative estimate of drug-likeness (QED) is 0.606. The van der Waals surface area contributed by atoms with Crippen molar-refractivity contribution in [2.75, 3.05) is 0 Å². The largest absolute Gasteiger partial charge is 0.271 e. The van der Waals surface area contributed by atoms with E-state index < -0.39 is 0 Å². The summed E-state index contributed by atoms with van der Waals surface area (Å²) >= 11 is 5.96. The molecule has 0 bridgehead atoms. The molecule has 1 unspecified atom stereocenters. The van der Waals surface area contributed by atoms with Crippen molar-refractivity contribution in [3.63, 3.8) is 0 Å². The smallest absolute Gasteiger partial charge is 0.0438 e. The Bertz CT molecular complexity index is 253. The van der Waals surface area contributed by atoms with Crippen LogP contribution >= 0.6 is 24.0 Å². The Morgan fingerprint density at radius 3 is 2.62 bits per heavy atom. The summed E-state index contributed by atoms with van der Waals surface area (Å²) in [6.07, 6.45) is 0.857. The zero-order valence-electron chi connectivity index (χ0n) is 7.46. The fraction of sp³-hybridized carbons (Fsp3) is 0.333. The van der Waals surface area contributed by atoms with Gasteiger partial charge in [0, 0.05) is 11.1 Å². The lowest BCUT2D eigenvalue weighted by atomic mass is 10.1. The summed E-state index contributed by atoms with van der Waals surface area (Å²) in [7, 11) is 0. The Morgan fingerprint density at radius 2 is 2.08 bits per heavy atom. The Kier molecular flexibility index (Phi) is 6.08. The maximum absolute atomic E-state index is 5.96. The number of hydrogen-bond donors (Lipinski definition) is 2. The molecule has 0 aliphatic heterocycles. The molecule has 2 nitrogen and oxygen atoms in total. The molecule has 0 amide bonds. The first-order chi connectivity index (χ1) is 5.74. The van der Waals surface area contributed by atoms with Gasteiger partial charge < -0.3 is 0 Å². The van der Waals surface area contributed by atoms with E-state index in [1.54, 1.807) is 0 Å². The second-order valence-electron chi connectivity index (χ2n) is 2.86. The highest BCUT2D eigenvalue weighted by Gasteiger charge is 2.03. The van der Waals surface area contributed by atoms with Gasteiger partial charge in [0.25, 0.3) is 0 Å². The van der Waals surface area contributed by atoms with Gasteiger partial charge in [0.2, 0.25) is 0 Å². The Balaban J connectivity index is 0.00000144. The van der Waals surface area contributed by atoms with Crippen LogP contribution in [0.2, 0.25) is 5.02 Å². The molecule has 0 aliphatic rings. The SMILES string of the molecule is CC(Cc1ccccc1Cl)NN.Cl. The van der Waals surface area contributed by atoms with Crippen molar-refractivity contribution in [2.45, 2.75) is 19.4 Å². The molecule has 0 saturated carbocycles. The average molecular weight is 221 g/mol. The van der Waals surface area contributed by atoms with Crippen LogP contribution in [0.25, 0.3) is 0 Å². The van der Waals surface area contributed by atoms with Crippen molar-refractivity contribution in [3.05, 3.63) is 34.9 Å². The summed E-state index contributed by atoms with van der Waals surface area (Å²) in [5.74, 6) is 5.28. The number of nitrogens with one attached hydrogen (secondary N) is 1. The molecule has 13 heavy (non-hydrogen) atoms. The maximum atomic E-state index is 5.96. The van der Waals surface area contributed by atoms with E-state index >= 15 is 0 Å². The van der Waals surface area contributed by atoms with Gasteiger partial charge in [0.15, 0.2) is 0 Å². The summed E-state index contributed by atoms with van der Waals surface area (Å²) in [6, 6.07) is 8.05. The molecule has 0 aromatic heterocycles. The summed E-state index contributed by atoms with van der Waals surface area (Å²) in [5.41, 5.74) is 3.81. The number of hydrazine groups is 1. The zero-order valence-corrected chi connectivity index (χ0v) is 9.03. The summed E-state index contributed by atoms with van der Waals surface area (Å²) in [5, 5.41) is 0.805. The van der Waals surface area contributed by atoms with Crippen molar-refractivity contribution >= 4 is 24.0 Å². The van der Waals surface area contributed by atoms with E-state index in [2.05, 4.69) is 5.43 Å². The first kappa shape index (κ1) is 12.7. The maximum Gasteiger partial charge on any atom is 0.0438 e. The highest BCUT2D eigenvalue weighted by Crippen LogP contribution is 2.16. The topological polar surface area (TPSA) is 38.0 Å². The minimum Gasteiger partial charge on any atom is -0.271 e. The predicted octanol–water partition coefficient (Wildman–Crippen LogP) is 2.16. The summed E-state index contributed by atoms with van der Waals surface area (Å²) in [4.78, 5) is 0. The van der Waals surface area contributed by atoms with Crippen molar-refractivity contribution in [3.8, 4) is 0 Å². The van der Waals surface area contributed by atoms with E-state index in [1.807, 2.05) is 31.2 Å². The van der Waals surface area contributed by atoms with Crippen LogP contribution in [0.3, 0.4) is 0 Å². The third-order valence-corrected chi connectivity index (χ3v) is 2.14. The summed E-state index contributed by atoms with van der Waals surface area (Å²) < 4.78 is 0. The number of hydrogen-bond acceptors (Lipinski definition) is 2. The van der Waals surface area contributed by atoms with Gasteiger partial charge in [-0.05, 0) is 25.0 Å². The highest BCUT2D eigenvalue weighted by atomic mass is 35.5. The number of nitrogens with two attached hydrogens (primary N) is 1. The Labute approximate surface area is 89.8 Å². The second kappa shape index (κ2) is 6.22. The molecular weight excluding hydrogens is 207 g/mol. The van der Waals surface area contributed by atoms with Crippen molar-refractivity contribution < 1.29 is 0 Å². The van der Waals surface area contributed by atoms with Gasteiger partial charge in [-0.15, -0.1) is 12.4 Å². The fourth-order valence-corrected chi connectivity index (χ4v) is 1.27. The van der Waals surface area contributed by atoms with Gasteiger partial charge in [0.05, 0.1) is 0 Å². The molecular formula is C9H14Cl2N2. The predicted molar refractivity (Wildman–Crippen MR) is 59.2 cm³/mol. The average Bonchev–Trinajstić information content (AvgIpc) is 2.09. The van der Waals surface area contributed by atoms with E-state index in [0.29, 0.717) is 0 Å². The van der Waals surface area contributed by atoms with E-state index in [9.17, 15) is 0 Å². The highest BCUT2D eigenvalue weighted by molar-refractivity contribution is 6.31. The minimum atomic E-state index is 0. The number of benzene rings is 1. The minimum absolute atomic E-state index is 0. The standard InChI is InChI=1S/C9H13ClN2.ClH/c1-7(12-11)6-8-4-2-3-5-9(8)10;/h2-5,7,12H,6,11H2,1H3;1H. The lowest BCUT2D eigenvalue weighted by Gasteiger charge is -2.10. The molecule has 4 heteroatoms. The molecule has 1 rings (SSSR count). The van der Waals surface area contributed by atoms with Crippen LogP contribution < -0.4 is 11.3 Å². The van der Waals surface area contributed by atoms with Crippen LogP contribution in [-0.2, 0) is 6.42 Å². The molecule has 0 heterocycles. The summed E-state index contributed by atoms with van der Waals surface area (Å²) in [6.45, 7) is 2.02. The van der Waals surface area contributed by atoms with Crippen LogP contribution in [0, 0.1) is 0 Å². The molecule has 0 radical (unpaired) electrons. The lowest BCUT2D eigenvalue weighted by Crippen LogP contribution is -2.34. The molecule has 1 aromatic carbocycles. The van der Waals surface area contributed by atoms with E-state index in [4.69, 9.17) is 17.4 Å². The Morgan fingerprint density at radius 1 is 1.46 bits per heavy atom. The first-order valence-corrected chi connectivity index (χ1v) is 4.31. The van der Waals surface area contributed by atoms with Crippen molar-refractivity contribution in [2.24, 2.45) is 5.84 Å². The third-order valence-electron chi connectivity index (χ3n) is 1.77. The van der Waals surface area contributed by atoms with Gasteiger partial charge in [-0.3, -0.25) is 11.3 Å². The molecule has 0 aliphatic carbocycles. The molecule has 0 spiro atoms. The molecule has 0 saturated heterocycles. The van der Waals surface area contributed by atoms with Crippen LogP contribution in [-0.4, -0.2) is 6.04 Å². The van der Waals surface area contributed by atoms with Crippen LogP contribution in [0.15, 0.2) is 24.3 Å². The number of halogens is 2. The van der Waals surface area contributed by atoms with Crippen LogP contribution in [0.5, 0.6) is 0 Å². The van der Waals surface area contributed by atoms with Gasteiger partial charge in [0.1, 0.15) is 0 Å². The van der Waals surface area contributed by atoms with Crippen molar-refractivity contribution in [1.82, 2.24) is 5.43 Å². The van der Waals surface area contributed by atoms with E-state index in [-0.39, 0.29) is 18.4 Å². The van der Waals surface area contributed by atoms with Crippen LogP contribution in [0.4, 0.5) is 0 Å². The fourth-order valence-electron chi connectivity index (χ4n) is 1.05. The first-order valence-electron chi connectivity index (χ1n) is 3.93. The van der Waals surface area contributed by atoms with Crippen molar-refractivity contribution in [1.29, 1.82) is 0 Å². The van der Waals surface area contributed by atoms with E-state index in [0.717, 1.165) is 17.0 Å². The lowest BCUT2D eigenvalue weighted by molar-refractivity contribution is 0.568. The third kappa shape index (κ3) is 3.96. The van der Waals surface area contributed by atoms with Gasteiger partial charge in [-0.1, -0.05) is 29.8 Å². The normalized spacial score (nSPS) is 11.9. The molecule has 1 aromatic rings.